The molecule has 14 heteroatoms. The summed E-state index contributed by atoms with van der Waals surface area (Å²) in [5.74, 6) is -1.88. The van der Waals surface area contributed by atoms with E-state index in [2.05, 4.69) is 10.1 Å². The van der Waals surface area contributed by atoms with Crippen LogP contribution in [0.3, 0.4) is 0 Å². The summed E-state index contributed by atoms with van der Waals surface area (Å²) in [5.41, 5.74) is -2.10. The van der Waals surface area contributed by atoms with E-state index < -0.39 is 47.8 Å². The lowest BCUT2D eigenvalue weighted by Crippen LogP contribution is -2.51. The summed E-state index contributed by atoms with van der Waals surface area (Å²) in [7, 11) is 0. The third-order valence-electron chi connectivity index (χ3n) is 6.14. The van der Waals surface area contributed by atoms with E-state index in [1.807, 2.05) is 0 Å². The van der Waals surface area contributed by atoms with Crippen molar-refractivity contribution in [2.75, 3.05) is 13.1 Å². The molecule has 1 saturated heterocycles. The second kappa shape index (κ2) is 9.19. The number of alkyl halides is 6. The van der Waals surface area contributed by atoms with E-state index in [1.54, 1.807) is 29.2 Å². The summed E-state index contributed by atoms with van der Waals surface area (Å²) in [6, 6.07) is 6.38. The van der Waals surface area contributed by atoms with Gasteiger partial charge >= 0.3 is 18.3 Å². The van der Waals surface area contributed by atoms with E-state index in [1.165, 1.54) is 10.9 Å². The second-order valence-electron chi connectivity index (χ2n) is 8.74. The maximum atomic E-state index is 13.5. The Morgan fingerprint density at radius 1 is 1.08 bits per heavy atom. The molecule has 3 aromatic rings. The lowest BCUT2D eigenvalue weighted by molar-refractivity contribution is -0.146. The molecule has 0 atom stereocenters. The Balaban J connectivity index is 1.36. The van der Waals surface area contributed by atoms with E-state index in [0.717, 1.165) is 17.8 Å². The molecule has 0 bridgehead atoms. The molecule has 0 spiro atoms. The second-order valence-corrected chi connectivity index (χ2v) is 9.75. The van der Waals surface area contributed by atoms with Crippen LogP contribution in [0.1, 0.15) is 22.3 Å². The predicted molar refractivity (Wildman–Crippen MR) is 126 cm³/mol. The normalized spacial score (nSPS) is 17.8. The van der Waals surface area contributed by atoms with Crippen molar-refractivity contribution >= 4 is 45.8 Å². The maximum absolute atomic E-state index is 13.5. The highest BCUT2D eigenvalue weighted by Crippen LogP contribution is 2.38. The van der Waals surface area contributed by atoms with Gasteiger partial charge in [-0.25, -0.2) is 0 Å². The van der Waals surface area contributed by atoms with Gasteiger partial charge in [-0.2, -0.15) is 36.4 Å². The van der Waals surface area contributed by atoms with Crippen molar-refractivity contribution in [3.8, 4) is 0 Å². The van der Waals surface area contributed by atoms with Gasteiger partial charge in [-0.15, -0.1) is 0 Å². The van der Waals surface area contributed by atoms with Crippen molar-refractivity contribution in [1.29, 1.82) is 0 Å². The van der Waals surface area contributed by atoms with Crippen molar-refractivity contribution in [2.24, 2.45) is 10.9 Å². The fourth-order valence-electron chi connectivity index (χ4n) is 4.11. The first-order valence-corrected chi connectivity index (χ1v) is 11.8. The number of carbonyl (C=O) groups excluding carboxylic acids is 1. The number of aromatic nitrogens is 2. The van der Waals surface area contributed by atoms with Crippen LogP contribution in [-0.4, -0.2) is 49.9 Å². The minimum absolute atomic E-state index is 0.0971. The number of aliphatic imine (C=N–C) groups is 1. The number of likely N-dealkylation sites (tertiary alicyclic amines) is 1. The first-order valence-electron chi connectivity index (χ1n) is 11.0. The van der Waals surface area contributed by atoms with Gasteiger partial charge in [-0.1, -0.05) is 12.1 Å². The van der Waals surface area contributed by atoms with Crippen LogP contribution >= 0.6 is 11.8 Å². The topological polar surface area (TPSA) is 87.8 Å². The van der Waals surface area contributed by atoms with Gasteiger partial charge in [0.05, 0.1) is 40.2 Å². The summed E-state index contributed by atoms with van der Waals surface area (Å²) >= 11 is 1.12. The molecule has 0 unspecified atom stereocenters. The first-order chi connectivity index (χ1) is 17.8. The summed E-state index contributed by atoms with van der Waals surface area (Å²) < 4.78 is 80.7. The zero-order valence-corrected chi connectivity index (χ0v) is 19.9. The number of carboxylic acid groups (broad SMARTS) is 1. The molecule has 0 saturated carbocycles. The molecule has 1 amide bonds. The molecule has 2 aliphatic rings. The molecular weight excluding hydrogens is 538 g/mol. The Bertz CT molecular complexity index is 1520. The Kier molecular flexibility index (Phi) is 6.24. The van der Waals surface area contributed by atoms with Crippen molar-refractivity contribution in [3.63, 3.8) is 0 Å². The van der Waals surface area contributed by atoms with Crippen molar-refractivity contribution < 1.29 is 41.0 Å². The summed E-state index contributed by atoms with van der Waals surface area (Å²) in [5, 5.41) is 14.1. The fraction of sp³-hybridized carbons (Fsp3) is 0.250. The van der Waals surface area contributed by atoms with Gasteiger partial charge < -0.3 is 10.0 Å². The third-order valence-corrected chi connectivity index (χ3v) is 7.18. The Labute approximate surface area is 214 Å². The number of carboxylic acids is 1. The van der Waals surface area contributed by atoms with Gasteiger partial charge in [0.15, 0.2) is 5.17 Å². The van der Waals surface area contributed by atoms with Crippen LogP contribution in [0.15, 0.2) is 52.5 Å². The highest BCUT2D eigenvalue weighted by atomic mass is 32.2. The largest absolute Gasteiger partial charge is 0.481 e. The zero-order valence-electron chi connectivity index (χ0n) is 19.0. The van der Waals surface area contributed by atoms with Crippen molar-refractivity contribution in [1.82, 2.24) is 14.7 Å². The molecule has 5 rings (SSSR count). The van der Waals surface area contributed by atoms with Gasteiger partial charge in [0.1, 0.15) is 0 Å². The quantitative estimate of drug-likeness (QED) is 0.357. The fourth-order valence-corrected chi connectivity index (χ4v) is 5.04. The van der Waals surface area contributed by atoms with E-state index in [9.17, 15) is 35.9 Å². The van der Waals surface area contributed by atoms with Gasteiger partial charge in [0.25, 0.3) is 5.91 Å². The molecule has 0 radical (unpaired) electrons. The number of halogens is 6. The third kappa shape index (κ3) is 4.99. The molecule has 38 heavy (non-hydrogen) atoms. The van der Waals surface area contributed by atoms with Gasteiger partial charge in [0.2, 0.25) is 0 Å². The van der Waals surface area contributed by atoms with Gasteiger partial charge in [-0.05, 0) is 53.2 Å². The van der Waals surface area contributed by atoms with Crippen LogP contribution in [0, 0.1) is 5.92 Å². The Morgan fingerprint density at radius 3 is 2.47 bits per heavy atom. The van der Waals surface area contributed by atoms with E-state index >= 15 is 0 Å². The van der Waals surface area contributed by atoms with Gasteiger partial charge in [0, 0.05) is 18.5 Å². The van der Waals surface area contributed by atoms with E-state index in [4.69, 9.17) is 5.11 Å². The van der Waals surface area contributed by atoms with Crippen molar-refractivity contribution in [3.05, 3.63) is 69.8 Å². The minimum atomic E-state index is -4.99. The Hall–Kier alpha value is -3.81. The number of hydrogen-bond acceptors (Lipinski definition) is 5. The Morgan fingerprint density at radius 2 is 1.82 bits per heavy atom. The van der Waals surface area contributed by atoms with E-state index in [-0.39, 0.29) is 24.7 Å². The van der Waals surface area contributed by atoms with Crippen LogP contribution in [0.4, 0.5) is 26.3 Å². The molecule has 7 nitrogen and oxygen atoms in total. The summed E-state index contributed by atoms with van der Waals surface area (Å²) in [6.07, 6.45) is -6.91. The lowest BCUT2D eigenvalue weighted by atomic mass is 10.0. The smallest absolute Gasteiger partial charge is 0.416 e. The number of carbonyl (C=O) groups is 2. The number of benzene rings is 2. The number of amidine groups is 1. The molecule has 2 aromatic carbocycles. The molecule has 198 valence electrons. The first kappa shape index (κ1) is 25.8. The van der Waals surface area contributed by atoms with Crippen LogP contribution in [-0.2, 0) is 28.5 Å². The summed E-state index contributed by atoms with van der Waals surface area (Å²) in [4.78, 5) is 29.3. The molecular formula is C24H16F6N4O3S. The monoisotopic (exact) mass is 554 g/mol. The lowest BCUT2D eigenvalue weighted by Gasteiger charge is -2.37. The molecule has 1 N–H and O–H groups in total. The average molecular weight is 554 g/mol. The van der Waals surface area contributed by atoms with Crippen LogP contribution in [0.2, 0.25) is 0 Å². The number of hydrogen-bond donors (Lipinski definition) is 1. The number of rotatable bonds is 4. The van der Waals surface area contributed by atoms with Crippen LogP contribution in [0.5, 0.6) is 0 Å². The number of aliphatic carboxylic acids is 1. The van der Waals surface area contributed by atoms with E-state index in [0.29, 0.717) is 32.6 Å². The number of thioether (sulfide) groups is 1. The number of fused-ring (bicyclic) bond motifs is 1. The average Bonchev–Trinajstić information content (AvgIpc) is 3.34. The molecule has 1 fully saturated rings. The zero-order chi connectivity index (χ0) is 27.4. The van der Waals surface area contributed by atoms with Crippen LogP contribution in [0.25, 0.3) is 17.0 Å². The highest BCUT2D eigenvalue weighted by Gasteiger charge is 2.39. The van der Waals surface area contributed by atoms with Crippen LogP contribution < -0.4 is 0 Å². The van der Waals surface area contributed by atoms with Gasteiger partial charge in [-0.3, -0.25) is 14.3 Å². The highest BCUT2D eigenvalue weighted by molar-refractivity contribution is 8.18. The standard InChI is InChI=1S/C24H16F6N4O3S/c25-23(26,27)16-3-2-13(17(7-16)24(28,29)30)11-34-18-4-1-12(5-14(18)8-31-34)6-19-20(35)32-22(38-19)33-9-15(10-33)21(36)37/h1-8,15H,9-11H2,(H,36,37). The van der Waals surface area contributed by atoms with Crippen molar-refractivity contribution in [2.45, 2.75) is 18.9 Å². The minimum Gasteiger partial charge on any atom is -0.481 e. The summed E-state index contributed by atoms with van der Waals surface area (Å²) in [6.45, 7) is 0.124. The molecule has 1 aromatic heterocycles. The SMILES string of the molecule is O=C1N=C(N2CC(C(=O)O)C2)SC1=Cc1ccc2c(cnn2Cc2ccc(C(F)(F)F)cc2C(F)(F)F)c1. The predicted octanol–water partition coefficient (Wildman–Crippen LogP) is 5.11. The molecule has 3 heterocycles. The maximum Gasteiger partial charge on any atom is 0.416 e. The number of amides is 1. The molecule has 2 aliphatic heterocycles. The number of nitrogens with zero attached hydrogens (tertiary/aromatic N) is 4. The molecule has 0 aliphatic carbocycles.